The summed E-state index contributed by atoms with van der Waals surface area (Å²) in [5.41, 5.74) is 1.79. The summed E-state index contributed by atoms with van der Waals surface area (Å²) < 4.78 is -0.138. The highest BCUT2D eigenvalue weighted by molar-refractivity contribution is 9.11. The zero-order chi connectivity index (χ0) is 17.1. The summed E-state index contributed by atoms with van der Waals surface area (Å²) in [4.78, 5) is 11.2. The first kappa shape index (κ1) is 20.3. The Labute approximate surface area is 165 Å². The Bertz CT molecular complexity index is 572. The van der Waals surface area contributed by atoms with Crippen molar-refractivity contribution in [3.05, 3.63) is 26.6 Å². The van der Waals surface area contributed by atoms with Gasteiger partial charge in [0.15, 0.2) is 5.11 Å². The van der Waals surface area contributed by atoms with Crippen LogP contribution in [0, 0.1) is 6.92 Å². The summed E-state index contributed by atoms with van der Waals surface area (Å²) in [6.07, 6.45) is -0.974. The molecule has 122 valence electrons. The zero-order valence-corrected chi connectivity index (χ0v) is 17.7. The molecule has 1 unspecified atom stereocenters. The Hall–Kier alpha value is 0.210. The number of carbonyl (C=O) groups excluding carboxylic acids is 1. The van der Waals surface area contributed by atoms with Gasteiger partial charge in [0, 0.05) is 15.9 Å². The molecule has 0 aliphatic heterocycles. The van der Waals surface area contributed by atoms with Crippen LogP contribution < -0.4 is 16.0 Å². The van der Waals surface area contributed by atoms with Crippen LogP contribution in [0.2, 0.25) is 0 Å². The zero-order valence-electron chi connectivity index (χ0n) is 11.4. The highest BCUT2D eigenvalue weighted by Gasteiger charge is 2.34. The number of alkyl halides is 3. The predicted octanol–water partition coefficient (Wildman–Crippen LogP) is 4.64. The van der Waals surface area contributed by atoms with Crippen molar-refractivity contribution in [1.82, 2.24) is 10.6 Å². The van der Waals surface area contributed by atoms with Crippen molar-refractivity contribution in [2.75, 3.05) is 5.32 Å². The fraction of sp³-hybridized carbons (Fsp3) is 0.333. The third-order valence-corrected chi connectivity index (χ3v) is 4.50. The summed E-state index contributed by atoms with van der Waals surface area (Å²) in [5.74, 6) is -0.357. The van der Waals surface area contributed by atoms with E-state index in [9.17, 15) is 4.79 Å². The molecule has 1 rings (SSSR count). The van der Waals surface area contributed by atoms with E-state index in [0.717, 1.165) is 14.5 Å². The van der Waals surface area contributed by atoms with Gasteiger partial charge in [0.05, 0.1) is 5.69 Å². The number of thiocarbonyl (C=S) groups is 1. The number of hydrogen-bond donors (Lipinski definition) is 3. The third-order valence-electron chi connectivity index (χ3n) is 2.38. The summed E-state index contributed by atoms with van der Waals surface area (Å²) >= 11 is 29.5. The van der Waals surface area contributed by atoms with E-state index in [2.05, 4.69) is 47.8 Å². The molecule has 1 aromatic carbocycles. The molecule has 0 aliphatic carbocycles. The molecule has 0 radical (unpaired) electrons. The van der Waals surface area contributed by atoms with Crippen molar-refractivity contribution in [3.8, 4) is 0 Å². The molecular formula is C12H12Br2Cl3N3OS. The van der Waals surface area contributed by atoms with E-state index in [1.807, 2.05) is 19.1 Å². The highest BCUT2D eigenvalue weighted by atomic mass is 79.9. The van der Waals surface area contributed by atoms with Crippen LogP contribution in [0.1, 0.15) is 12.5 Å². The smallest absolute Gasteiger partial charge is 0.228 e. The van der Waals surface area contributed by atoms with Crippen molar-refractivity contribution >= 4 is 95.6 Å². The van der Waals surface area contributed by atoms with Crippen molar-refractivity contribution in [2.24, 2.45) is 0 Å². The molecule has 1 aromatic rings. The van der Waals surface area contributed by atoms with Gasteiger partial charge in [-0.25, -0.2) is 0 Å². The average Bonchev–Trinajstić information content (AvgIpc) is 2.31. The Balaban J connectivity index is 2.87. The lowest BCUT2D eigenvalue weighted by Crippen LogP contribution is -2.55. The standard InChI is InChI=1S/C12H12Br2Cl3N3OS/c1-5-3-7(13)9(8(14)4-5)19-11(22)20-10(12(15,16)17)18-6(2)21/h3-4,10H,1-2H3,(H,18,21)(H2,19,20,22). The van der Waals surface area contributed by atoms with Crippen LogP contribution in [0.3, 0.4) is 0 Å². The molecule has 22 heavy (non-hydrogen) atoms. The van der Waals surface area contributed by atoms with Crippen LogP contribution in [0.4, 0.5) is 5.69 Å². The van der Waals surface area contributed by atoms with Crippen molar-refractivity contribution in [3.63, 3.8) is 0 Å². The monoisotopic (exact) mass is 509 g/mol. The summed E-state index contributed by atoms with van der Waals surface area (Å²) in [7, 11) is 0. The first-order chi connectivity index (χ1) is 10.0. The van der Waals surface area contributed by atoms with Crippen LogP contribution in [-0.2, 0) is 4.79 Å². The summed E-state index contributed by atoms with van der Waals surface area (Å²) in [6, 6.07) is 3.85. The predicted molar refractivity (Wildman–Crippen MR) is 104 cm³/mol. The maximum atomic E-state index is 11.2. The van der Waals surface area contributed by atoms with Gasteiger partial charge in [0.25, 0.3) is 0 Å². The van der Waals surface area contributed by atoms with Crippen molar-refractivity contribution in [1.29, 1.82) is 0 Å². The van der Waals surface area contributed by atoms with Gasteiger partial charge in [0.2, 0.25) is 9.70 Å². The second-order valence-corrected chi connectivity index (χ2v) is 8.86. The molecule has 0 aromatic heterocycles. The molecule has 0 fully saturated rings. The number of carbonyl (C=O) groups is 1. The van der Waals surface area contributed by atoms with Gasteiger partial charge in [0.1, 0.15) is 6.17 Å². The van der Waals surface area contributed by atoms with Gasteiger partial charge in [-0.15, -0.1) is 0 Å². The number of amides is 1. The molecule has 1 amide bonds. The first-order valence-electron chi connectivity index (χ1n) is 5.87. The van der Waals surface area contributed by atoms with Crippen LogP contribution in [-0.4, -0.2) is 21.0 Å². The molecule has 10 heteroatoms. The number of nitrogens with one attached hydrogen (secondary N) is 3. The molecule has 0 heterocycles. The number of anilines is 1. The van der Waals surface area contributed by atoms with E-state index in [4.69, 9.17) is 47.0 Å². The largest absolute Gasteiger partial charge is 0.339 e. The van der Waals surface area contributed by atoms with E-state index >= 15 is 0 Å². The van der Waals surface area contributed by atoms with Crippen molar-refractivity contribution < 1.29 is 4.79 Å². The minimum absolute atomic E-state index is 0.190. The summed E-state index contributed by atoms with van der Waals surface area (Å²) in [6.45, 7) is 3.28. The Morgan fingerprint density at radius 1 is 1.23 bits per heavy atom. The number of benzene rings is 1. The van der Waals surface area contributed by atoms with E-state index in [1.54, 1.807) is 0 Å². The molecule has 4 nitrogen and oxygen atoms in total. The molecule has 1 atom stereocenters. The maximum absolute atomic E-state index is 11.2. The minimum atomic E-state index is -1.76. The second-order valence-electron chi connectivity index (χ2n) is 4.38. The first-order valence-corrected chi connectivity index (χ1v) is 9.00. The molecule has 3 N–H and O–H groups in total. The van der Waals surface area contributed by atoms with Crippen molar-refractivity contribution in [2.45, 2.75) is 23.8 Å². The second kappa shape index (κ2) is 8.35. The van der Waals surface area contributed by atoms with E-state index < -0.39 is 9.96 Å². The fourth-order valence-corrected chi connectivity index (χ4v) is 3.66. The fourth-order valence-electron chi connectivity index (χ4n) is 1.50. The van der Waals surface area contributed by atoms with Crippen LogP contribution in [0.25, 0.3) is 0 Å². The number of aryl methyl sites for hydroxylation is 1. The molecule has 0 saturated heterocycles. The Morgan fingerprint density at radius 2 is 1.73 bits per heavy atom. The normalized spacial score (nSPS) is 12.5. The van der Waals surface area contributed by atoms with Crippen LogP contribution in [0.15, 0.2) is 21.1 Å². The SMILES string of the molecule is CC(=O)NC(NC(=S)Nc1c(Br)cc(C)cc1Br)C(Cl)(Cl)Cl. The van der Waals surface area contributed by atoms with Gasteiger partial charge < -0.3 is 16.0 Å². The van der Waals surface area contributed by atoms with Gasteiger partial charge in [-0.05, 0) is 68.7 Å². The third kappa shape index (κ3) is 6.37. The molecule has 0 saturated carbocycles. The molecule has 0 aliphatic rings. The lowest BCUT2D eigenvalue weighted by atomic mass is 10.2. The molecular weight excluding hydrogens is 500 g/mol. The van der Waals surface area contributed by atoms with Gasteiger partial charge >= 0.3 is 0 Å². The highest BCUT2D eigenvalue weighted by Crippen LogP contribution is 2.33. The van der Waals surface area contributed by atoms with Gasteiger partial charge in [-0.1, -0.05) is 34.8 Å². The van der Waals surface area contributed by atoms with E-state index in [-0.39, 0.29) is 11.0 Å². The van der Waals surface area contributed by atoms with Gasteiger partial charge in [-0.2, -0.15) is 0 Å². The topological polar surface area (TPSA) is 53.2 Å². The molecule has 0 bridgehead atoms. The van der Waals surface area contributed by atoms with E-state index in [0.29, 0.717) is 5.69 Å². The Morgan fingerprint density at radius 3 is 2.14 bits per heavy atom. The number of halogens is 5. The lowest BCUT2D eigenvalue weighted by molar-refractivity contribution is -0.119. The summed E-state index contributed by atoms with van der Waals surface area (Å²) in [5, 5.41) is 8.41. The maximum Gasteiger partial charge on any atom is 0.228 e. The quantitative estimate of drug-likeness (QED) is 0.314. The average molecular weight is 512 g/mol. The number of rotatable bonds is 3. The van der Waals surface area contributed by atoms with E-state index in [1.165, 1.54) is 6.92 Å². The van der Waals surface area contributed by atoms with Crippen LogP contribution in [0.5, 0.6) is 0 Å². The van der Waals surface area contributed by atoms with Crippen LogP contribution >= 0.6 is 78.9 Å². The lowest BCUT2D eigenvalue weighted by Gasteiger charge is -2.27. The Kier molecular flexibility index (Phi) is 7.69. The molecule has 0 spiro atoms. The minimum Gasteiger partial charge on any atom is -0.339 e. The van der Waals surface area contributed by atoms with Gasteiger partial charge in [-0.3, -0.25) is 4.79 Å². The number of hydrogen-bond acceptors (Lipinski definition) is 2.